The average molecular weight is 409 g/mol. The van der Waals surface area contributed by atoms with Crippen LogP contribution in [0.5, 0.6) is 0 Å². The minimum Gasteiger partial charge on any atom is -0.481 e. The third-order valence-corrected chi connectivity index (χ3v) is 5.07. The summed E-state index contributed by atoms with van der Waals surface area (Å²) in [5, 5.41) is 11.0. The summed E-state index contributed by atoms with van der Waals surface area (Å²) in [6.07, 6.45) is 0.134. The third-order valence-electron chi connectivity index (χ3n) is 3.64. The Hall–Kier alpha value is -2.19. The number of hydrogen-bond acceptors (Lipinski definition) is 4. The topological polar surface area (TPSA) is 92.2 Å². The van der Waals surface area contributed by atoms with E-state index in [1.807, 2.05) is 29.6 Å². The highest BCUT2D eigenvalue weighted by atomic mass is 79.9. The molecule has 0 radical (unpaired) electrons. The second kappa shape index (κ2) is 6.74. The van der Waals surface area contributed by atoms with E-state index in [9.17, 15) is 14.4 Å². The number of nitrogens with one attached hydrogen (secondary N) is 1. The van der Waals surface area contributed by atoms with Gasteiger partial charge in [-0.2, -0.15) is 0 Å². The first-order valence-electron chi connectivity index (χ1n) is 7.19. The highest BCUT2D eigenvalue weighted by Crippen LogP contribution is 2.30. The van der Waals surface area contributed by atoms with Crippen LogP contribution >= 0.6 is 27.3 Å². The van der Waals surface area contributed by atoms with Crippen LogP contribution in [0.3, 0.4) is 0 Å². The molecule has 0 aliphatic heterocycles. The number of halogens is 1. The van der Waals surface area contributed by atoms with Gasteiger partial charge < -0.3 is 5.11 Å². The summed E-state index contributed by atoms with van der Waals surface area (Å²) in [4.78, 5) is 38.7. The van der Waals surface area contributed by atoms with Gasteiger partial charge in [-0.05, 0) is 24.1 Å². The van der Waals surface area contributed by atoms with Gasteiger partial charge in [0.25, 0.3) is 5.56 Å². The molecule has 1 aromatic carbocycles. The summed E-state index contributed by atoms with van der Waals surface area (Å²) < 4.78 is 2.01. The molecule has 0 aliphatic rings. The minimum absolute atomic E-state index is 0.0754. The quantitative estimate of drug-likeness (QED) is 0.678. The highest BCUT2D eigenvalue weighted by molar-refractivity contribution is 9.10. The van der Waals surface area contributed by atoms with E-state index in [1.165, 1.54) is 11.3 Å². The highest BCUT2D eigenvalue weighted by Gasteiger charge is 2.15. The number of aliphatic carboxylic acids is 1. The second-order valence-electron chi connectivity index (χ2n) is 5.24. The van der Waals surface area contributed by atoms with Gasteiger partial charge in [-0.3, -0.25) is 19.1 Å². The number of H-pyrrole nitrogens is 1. The maximum absolute atomic E-state index is 12.7. The fraction of sp³-hybridized carbons (Fsp3) is 0.188. The molecule has 0 fully saturated rings. The summed E-state index contributed by atoms with van der Waals surface area (Å²) in [6.45, 7) is 0.0754. The Morgan fingerprint density at radius 1 is 1.25 bits per heavy atom. The molecule has 0 aliphatic carbocycles. The largest absolute Gasteiger partial charge is 0.481 e. The van der Waals surface area contributed by atoms with Crippen molar-refractivity contribution in [1.82, 2.24) is 9.55 Å². The van der Waals surface area contributed by atoms with E-state index in [2.05, 4.69) is 20.9 Å². The first-order chi connectivity index (χ1) is 11.5. The van der Waals surface area contributed by atoms with E-state index in [1.54, 1.807) is 0 Å². The molecule has 0 saturated heterocycles. The van der Waals surface area contributed by atoms with E-state index >= 15 is 0 Å². The molecule has 6 nitrogen and oxygen atoms in total. The zero-order valence-corrected chi connectivity index (χ0v) is 14.8. The molecule has 3 rings (SSSR count). The molecule has 2 N–H and O–H groups in total. The molecule has 0 atom stereocenters. The molecule has 0 spiro atoms. The molecule has 2 heterocycles. The number of nitrogens with zero attached hydrogens (tertiary/aromatic N) is 1. The monoisotopic (exact) mass is 408 g/mol. The van der Waals surface area contributed by atoms with Crippen LogP contribution in [0.15, 0.2) is 43.7 Å². The number of carboxylic acid groups (broad SMARTS) is 1. The predicted molar refractivity (Wildman–Crippen MR) is 96.7 cm³/mol. The first kappa shape index (κ1) is 16.7. The third kappa shape index (κ3) is 3.20. The van der Waals surface area contributed by atoms with E-state index in [4.69, 9.17) is 5.11 Å². The zero-order valence-electron chi connectivity index (χ0n) is 12.4. The summed E-state index contributed by atoms with van der Waals surface area (Å²) >= 11 is 4.68. The van der Waals surface area contributed by atoms with E-state index in [0.29, 0.717) is 10.2 Å². The Balaban J connectivity index is 2.10. The van der Waals surface area contributed by atoms with Gasteiger partial charge in [0.15, 0.2) is 0 Å². The smallest absolute Gasteiger partial charge is 0.329 e. The summed E-state index contributed by atoms with van der Waals surface area (Å²) in [6, 6.07) is 7.56. The van der Waals surface area contributed by atoms with Crippen LogP contribution in [0, 0.1) is 0 Å². The zero-order chi connectivity index (χ0) is 17.3. The number of aromatic nitrogens is 2. The number of aromatic amines is 1. The number of benzene rings is 1. The molecule has 24 heavy (non-hydrogen) atoms. The van der Waals surface area contributed by atoms with Crippen molar-refractivity contribution in [2.75, 3.05) is 0 Å². The maximum Gasteiger partial charge on any atom is 0.329 e. The SMILES string of the molecule is O=C(O)CCCn1c(=O)[nH]c2scc(-c3ccc(Br)cc3)c2c1=O. The second-order valence-corrected chi connectivity index (χ2v) is 7.04. The molecule has 124 valence electrons. The van der Waals surface area contributed by atoms with Gasteiger partial charge in [-0.15, -0.1) is 11.3 Å². The van der Waals surface area contributed by atoms with E-state index in [-0.39, 0.29) is 19.4 Å². The Kier molecular flexibility index (Phi) is 4.68. The van der Waals surface area contributed by atoms with Gasteiger partial charge >= 0.3 is 11.7 Å². The van der Waals surface area contributed by atoms with Gasteiger partial charge in [0.2, 0.25) is 0 Å². The Morgan fingerprint density at radius 3 is 2.62 bits per heavy atom. The van der Waals surface area contributed by atoms with Crippen LogP contribution in [-0.4, -0.2) is 20.6 Å². The molecular weight excluding hydrogens is 396 g/mol. The van der Waals surface area contributed by atoms with Gasteiger partial charge in [0, 0.05) is 28.4 Å². The lowest BCUT2D eigenvalue weighted by atomic mass is 10.1. The maximum atomic E-state index is 12.7. The lowest BCUT2D eigenvalue weighted by Gasteiger charge is -2.05. The Morgan fingerprint density at radius 2 is 1.96 bits per heavy atom. The molecular formula is C16H13BrN2O4S. The Labute approximate surface area is 148 Å². The lowest BCUT2D eigenvalue weighted by molar-refractivity contribution is -0.137. The molecule has 0 unspecified atom stereocenters. The van der Waals surface area contributed by atoms with Gasteiger partial charge in [-0.25, -0.2) is 4.79 Å². The summed E-state index contributed by atoms with van der Waals surface area (Å²) in [5.74, 6) is -0.952. The van der Waals surface area contributed by atoms with Gasteiger partial charge in [0.05, 0.1) is 5.39 Å². The van der Waals surface area contributed by atoms with Crippen molar-refractivity contribution in [3.63, 3.8) is 0 Å². The molecule has 8 heteroatoms. The van der Waals surface area contributed by atoms with Crippen molar-refractivity contribution < 1.29 is 9.90 Å². The van der Waals surface area contributed by atoms with E-state index in [0.717, 1.165) is 20.2 Å². The summed E-state index contributed by atoms with van der Waals surface area (Å²) in [7, 11) is 0. The molecule has 3 aromatic rings. The van der Waals surface area contributed by atoms with Gasteiger partial charge in [-0.1, -0.05) is 28.1 Å². The van der Waals surface area contributed by atoms with Crippen molar-refractivity contribution in [3.8, 4) is 11.1 Å². The molecule has 0 amide bonds. The molecule has 2 aromatic heterocycles. The molecule has 0 saturated carbocycles. The average Bonchev–Trinajstić information content (AvgIpc) is 2.95. The number of carboxylic acids is 1. The number of hydrogen-bond donors (Lipinski definition) is 2. The predicted octanol–water partition coefficient (Wildman–Crippen LogP) is 3.05. The first-order valence-corrected chi connectivity index (χ1v) is 8.86. The van der Waals surface area contributed by atoms with Crippen molar-refractivity contribution in [3.05, 3.63) is 55.0 Å². The Bertz CT molecular complexity index is 1020. The molecule has 0 bridgehead atoms. The fourth-order valence-electron chi connectivity index (χ4n) is 2.49. The number of carbonyl (C=O) groups is 1. The number of thiophene rings is 1. The minimum atomic E-state index is -0.952. The standard InChI is InChI=1S/C16H13BrN2O4S/c17-10-5-3-9(4-6-10)11-8-24-14-13(11)15(22)19(16(23)18-14)7-1-2-12(20)21/h3-6,8H,1-2,7H2,(H,18,23)(H,20,21). The van der Waals surface area contributed by atoms with Gasteiger partial charge in [0.1, 0.15) is 4.83 Å². The van der Waals surface area contributed by atoms with Crippen LogP contribution in [-0.2, 0) is 11.3 Å². The number of rotatable bonds is 5. The van der Waals surface area contributed by atoms with Crippen LogP contribution in [0.1, 0.15) is 12.8 Å². The summed E-state index contributed by atoms with van der Waals surface area (Å²) in [5.41, 5.74) is 0.738. The normalized spacial score (nSPS) is 11.0. The van der Waals surface area contributed by atoms with Crippen LogP contribution in [0.4, 0.5) is 0 Å². The van der Waals surface area contributed by atoms with Crippen molar-refractivity contribution >= 4 is 43.5 Å². The van der Waals surface area contributed by atoms with Crippen LogP contribution < -0.4 is 11.2 Å². The van der Waals surface area contributed by atoms with E-state index < -0.39 is 17.2 Å². The van der Waals surface area contributed by atoms with Crippen molar-refractivity contribution in [1.29, 1.82) is 0 Å². The van der Waals surface area contributed by atoms with Crippen molar-refractivity contribution in [2.45, 2.75) is 19.4 Å². The number of fused-ring (bicyclic) bond motifs is 1. The fourth-order valence-corrected chi connectivity index (χ4v) is 3.70. The van der Waals surface area contributed by atoms with Crippen LogP contribution in [0.25, 0.3) is 21.3 Å². The van der Waals surface area contributed by atoms with Crippen molar-refractivity contribution in [2.24, 2.45) is 0 Å². The van der Waals surface area contributed by atoms with Crippen LogP contribution in [0.2, 0.25) is 0 Å². The lowest BCUT2D eigenvalue weighted by Crippen LogP contribution is -2.34.